The number of nitrogens with one attached hydrogen (secondary N) is 1. The van der Waals surface area contributed by atoms with E-state index < -0.39 is 12.0 Å². The second-order valence-electron chi connectivity index (χ2n) is 8.39. The number of hydrogen-bond donors (Lipinski definition) is 3. The SMILES string of the molecule is CC(C)C[C@H](Nc1cn(-c2ccc(O)cc2)c2cc(-c3ccncc3)ccc2c1=O)C(=O)O. The van der Waals surface area contributed by atoms with Gasteiger partial charge in [0.05, 0.1) is 5.52 Å². The van der Waals surface area contributed by atoms with Gasteiger partial charge in [-0.3, -0.25) is 9.78 Å². The van der Waals surface area contributed by atoms with Crippen molar-refractivity contribution in [3.8, 4) is 22.6 Å². The molecule has 3 N–H and O–H groups in total. The van der Waals surface area contributed by atoms with Gasteiger partial charge in [-0.05, 0) is 72.0 Å². The molecule has 0 unspecified atom stereocenters. The molecule has 2 heterocycles. The van der Waals surface area contributed by atoms with Crippen molar-refractivity contribution in [1.29, 1.82) is 0 Å². The third kappa shape index (κ3) is 4.72. The average Bonchev–Trinajstić information content (AvgIpc) is 2.81. The van der Waals surface area contributed by atoms with Crippen LogP contribution in [0.4, 0.5) is 5.69 Å². The van der Waals surface area contributed by atoms with Crippen molar-refractivity contribution in [3.63, 3.8) is 0 Å². The lowest BCUT2D eigenvalue weighted by Crippen LogP contribution is -2.33. The number of aromatic nitrogens is 2. The first-order chi connectivity index (χ1) is 15.8. The highest BCUT2D eigenvalue weighted by Gasteiger charge is 2.21. The molecule has 168 valence electrons. The molecule has 0 aliphatic heterocycles. The third-order valence-corrected chi connectivity index (χ3v) is 5.48. The highest BCUT2D eigenvalue weighted by molar-refractivity contribution is 5.89. The van der Waals surface area contributed by atoms with Crippen LogP contribution in [0.15, 0.2) is 78.0 Å². The van der Waals surface area contributed by atoms with Crippen LogP contribution in [0.2, 0.25) is 0 Å². The average molecular weight is 444 g/mol. The number of carboxylic acids is 1. The Morgan fingerprint density at radius 3 is 2.36 bits per heavy atom. The minimum atomic E-state index is -1.01. The summed E-state index contributed by atoms with van der Waals surface area (Å²) in [7, 11) is 0. The van der Waals surface area contributed by atoms with E-state index in [2.05, 4.69) is 10.3 Å². The second-order valence-corrected chi connectivity index (χ2v) is 8.39. The van der Waals surface area contributed by atoms with Crippen LogP contribution in [0, 0.1) is 5.92 Å². The summed E-state index contributed by atoms with van der Waals surface area (Å²) < 4.78 is 1.83. The maximum absolute atomic E-state index is 13.3. The smallest absolute Gasteiger partial charge is 0.326 e. The van der Waals surface area contributed by atoms with Crippen molar-refractivity contribution in [3.05, 3.63) is 83.4 Å². The van der Waals surface area contributed by atoms with E-state index >= 15 is 0 Å². The number of fused-ring (bicyclic) bond motifs is 1. The summed E-state index contributed by atoms with van der Waals surface area (Å²) in [6.07, 6.45) is 5.43. The fourth-order valence-electron chi connectivity index (χ4n) is 3.86. The molecule has 0 saturated carbocycles. The fraction of sp³-hybridized carbons (Fsp3) is 0.192. The lowest BCUT2D eigenvalue weighted by atomic mass is 10.0. The number of aliphatic carboxylic acids is 1. The van der Waals surface area contributed by atoms with Crippen molar-refractivity contribution < 1.29 is 15.0 Å². The van der Waals surface area contributed by atoms with Crippen molar-refractivity contribution in [2.45, 2.75) is 26.3 Å². The highest BCUT2D eigenvalue weighted by atomic mass is 16.4. The number of phenolic OH excluding ortho intramolecular Hbond substituents is 1. The largest absolute Gasteiger partial charge is 0.508 e. The molecule has 1 atom stereocenters. The van der Waals surface area contributed by atoms with E-state index in [4.69, 9.17) is 0 Å². The molecule has 33 heavy (non-hydrogen) atoms. The Labute approximate surface area is 191 Å². The molecular formula is C26H25N3O4. The summed E-state index contributed by atoms with van der Waals surface area (Å²) in [4.78, 5) is 29.2. The third-order valence-electron chi connectivity index (χ3n) is 5.48. The minimum absolute atomic E-state index is 0.128. The van der Waals surface area contributed by atoms with Crippen LogP contribution >= 0.6 is 0 Å². The predicted molar refractivity (Wildman–Crippen MR) is 129 cm³/mol. The molecule has 0 spiro atoms. The predicted octanol–water partition coefficient (Wildman–Crippen LogP) is 4.67. The molecule has 4 rings (SSSR count). The van der Waals surface area contributed by atoms with Crippen molar-refractivity contribution in [2.24, 2.45) is 5.92 Å². The van der Waals surface area contributed by atoms with E-state index in [-0.39, 0.29) is 22.8 Å². The molecule has 0 fully saturated rings. The minimum Gasteiger partial charge on any atom is -0.508 e. The first-order valence-electron chi connectivity index (χ1n) is 10.7. The molecule has 0 aliphatic rings. The molecule has 7 heteroatoms. The molecule has 7 nitrogen and oxygen atoms in total. The lowest BCUT2D eigenvalue weighted by molar-refractivity contribution is -0.138. The molecule has 0 aliphatic carbocycles. The Hall–Kier alpha value is -4.13. The number of phenols is 1. The Morgan fingerprint density at radius 1 is 1.03 bits per heavy atom. The van der Waals surface area contributed by atoms with Gasteiger partial charge in [0, 0.05) is 29.7 Å². The highest BCUT2D eigenvalue weighted by Crippen LogP contribution is 2.27. The van der Waals surface area contributed by atoms with Gasteiger partial charge in [0.15, 0.2) is 0 Å². The van der Waals surface area contributed by atoms with Gasteiger partial charge in [0.25, 0.3) is 0 Å². The first kappa shape index (κ1) is 22.1. The van der Waals surface area contributed by atoms with Crippen LogP contribution in [0.3, 0.4) is 0 Å². The number of nitrogens with zero attached hydrogens (tertiary/aromatic N) is 2. The summed E-state index contributed by atoms with van der Waals surface area (Å²) in [5.41, 5.74) is 3.21. The van der Waals surface area contributed by atoms with Gasteiger partial charge >= 0.3 is 5.97 Å². The summed E-state index contributed by atoms with van der Waals surface area (Å²) >= 11 is 0. The first-order valence-corrected chi connectivity index (χ1v) is 10.7. The van der Waals surface area contributed by atoms with E-state index in [0.717, 1.165) is 16.8 Å². The molecular weight excluding hydrogens is 418 g/mol. The Kier molecular flexibility index (Phi) is 6.13. The molecule has 2 aromatic heterocycles. The zero-order valence-corrected chi connectivity index (χ0v) is 18.4. The number of benzene rings is 2. The van der Waals surface area contributed by atoms with Crippen LogP contribution < -0.4 is 10.7 Å². The van der Waals surface area contributed by atoms with Crippen LogP contribution in [-0.4, -0.2) is 31.8 Å². The summed E-state index contributed by atoms with van der Waals surface area (Å²) in [5, 5.41) is 22.8. The van der Waals surface area contributed by atoms with Gasteiger partial charge in [-0.1, -0.05) is 19.9 Å². The van der Waals surface area contributed by atoms with Crippen molar-refractivity contribution >= 4 is 22.6 Å². The molecule has 0 radical (unpaired) electrons. The second kappa shape index (κ2) is 9.16. The number of rotatable bonds is 7. The van der Waals surface area contributed by atoms with E-state index in [9.17, 15) is 19.8 Å². The van der Waals surface area contributed by atoms with Crippen molar-refractivity contribution in [1.82, 2.24) is 9.55 Å². The number of aromatic hydroxyl groups is 1. The maximum atomic E-state index is 13.3. The zero-order valence-electron chi connectivity index (χ0n) is 18.4. The fourth-order valence-corrected chi connectivity index (χ4v) is 3.86. The van der Waals surface area contributed by atoms with Gasteiger partial charge in [0.2, 0.25) is 5.43 Å². The number of carbonyl (C=O) groups is 1. The Morgan fingerprint density at radius 2 is 1.73 bits per heavy atom. The van der Waals surface area contributed by atoms with E-state index in [1.54, 1.807) is 48.9 Å². The monoisotopic (exact) mass is 443 g/mol. The quantitative estimate of drug-likeness (QED) is 0.383. The summed E-state index contributed by atoms with van der Waals surface area (Å²) in [5.74, 6) is -0.739. The van der Waals surface area contributed by atoms with Crippen LogP contribution in [0.1, 0.15) is 20.3 Å². The number of pyridine rings is 2. The van der Waals surface area contributed by atoms with Gasteiger partial charge in [-0.15, -0.1) is 0 Å². The lowest BCUT2D eigenvalue weighted by Gasteiger charge is -2.20. The molecule has 4 aromatic rings. The van der Waals surface area contributed by atoms with E-state index in [1.807, 2.05) is 42.7 Å². The summed E-state index contributed by atoms with van der Waals surface area (Å²) in [6, 6.07) is 15.1. The Balaban J connectivity index is 1.92. The van der Waals surface area contributed by atoms with Crippen LogP contribution in [-0.2, 0) is 4.79 Å². The standard InChI is InChI=1S/C26H25N3O4/c1-16(2)13-22(26(32)33)28-23-15-29(19-4-6-20(30)7-5-19)24-14-18(3-8-21(24)25(23)31)17-9-11-27-12-10-17/h3-12,14-16,22,28,30H,13H2,1-2H3,(H,32,33)/t22-/m0/s1. The van der Waals surface area contributed by atoms with Gasteiger partial charge in [0.1, 0.15) is 17.5 Å². The van der Waals surface area contributed by atoms with E-state index in [0.29, 0.717) is 17.3 Å². The molecule has 0 bridgehead atoms. The zero-order chi connectivity index (χ0) is 23.5. The molecule has 2 aromatic carbocycles. The van der Waals surface area contributed by atoms with Gasteiger partial charge in [-0.2, -0.15) is 0 Å². The molecule has 0 amide bonds. The van der Waals surface area contributed by atoms with Crippen LogP contribution in [0.25, 0.3) is 27.7 Å². The summed E-state index contributed by atoms with van der Waals surface area (Å²) in [6.45, 7) is 3.88. The number of carboxylic acid groups (broad SMARTS) is 1. The molecule has 0 saturated heterocycles. The van der Waals surface area contributed by atoms with Gasteiger partial charge < -0.3 is 20.1 Å². The van der Waals surface area contributed by atoms with Crippen molar-refractivity contribution in [2.75, 3.05) is 5.32 Å². The van der Waals surface area contributed by atoms with E-state index in [1.165, 1.54) is 0 Å². The number of hydrogen-bond acceptors (Lipinski definition) is 5. The number of anilines is 1. The van der Waals surface area contributed by atoms with Gasteiger partial charge in [-0.25, -0.2) is 4.79 Å². The maximum Gasteiger partial charge on any atom is 0.326 e. The normalized spacial score (nSPS) is 12.1. The van der Waals surface area contributed by atoms with Crippen LogP contribution in [0.5, 0.6) is 5.75 Å². The Bertz CT molecular complexity index is 1350. The topological polar surface area (TPSA) is 104 Å².